The fourth-order valence-electron chi connectivity index (χ4n) is 2.10. The van der Waals surface area contributed by atoms with E-state index < -0.39 is 17.7 Å². The SMILES string of the molecule is CNC(c1cc(Br)ccc1Cl)c1ccc(C)c(F)c1F. The van der Waals surface area contributed by atoms with Crippen LogP contribution in [0.4, 0.5) is 8.78 Å². The van der Waals surface area contributed by atoms with E-state index in [9.17, 15) is 8.78 Å². The van der Waals surface area contributed by atoms with Gasteiger partial charge in [-0.05, 0) is 43.3 Å². The predicted molar refractivity (Wildman–Crippen MR) is 81.1 cm³/mol. The quantitative estimate of drug-likeness (QED) is 0.812. The number of hydrogen-bond acceptors (Lipinski definition) is 1. The van der Waals surface area contributed by atoms with Gasteiger partial charge in [-0.25, -0.2) is 8.78 Å². The van der Waals surface area contributed by atoms with E-state index in [0.29, 0.717) is 10.6 Å². The van der Waals surface area contributed by atoms with Gasteiger partial charge in [-0.2, -0.15) is 0 Å². The van der Waals surface area contributed by atoms with Crippen LogP contribution in [0, 0.1) is 18.6 Å². The van der Waals surface area contributed by atoms with Crippen molar-refractivity contribution in [1.82, 2.24) is 5.32 Å². The second kappa shape index (κ2) is 6.20. The lowest BCUT2D eigenvalue weighted by molar-refractivity contribution is 0.482. The van der Waals surface area contributed by atoms with Gasteiger partial charge in [-0.15, -0.1) is 0 Å². The van der Waals surface area contributed by atoms with Crippen molar-refractivity contribution in [3.8, 4) is 0 Å². The van der Waals surface area contributed by atoms with Crippen LogP contribution in [0.1, 0.15) is 22.7 Å². The Morgan fingerprint density at radius 2 is 1.80 bits per heavy atom. The lowest BCUT2D eigenvalue weighted by atomic mass is 9.97. The zero-order valence-electron chi connectivity index (χ0n) is 11.0. The van der Waals surface area contributed by atoms with Crippen LogP contribution in [0.15, 0.2) is 34.8 Å². The molecule has 0 heterocycles. The Labute approximate surface area is 130 Å². The lowest BCUT2D eigenvalue weighted by Gasteiger charge is -2.20. The Balaban J connectivity index is 2.58. The largest absolute Gasteiger partial charge is 0.309 e. The van der Waals surface area contributed by atoms with E-state index in [1.807, 2.05) is 0 Å². The highest BCUT2D eigenvalue weighted by atomic mass is 79.9. The Morgan fingerprint density at radius 1 is 1.10 bits per heavy atom. The van der Waals surface area contributed by atoms with Crippen LogP contribution in [-0.2, 0) is 0 Å². The Bertz CT molecular complexity index is 646. The average Bonchev–Trinajstić information content (AvgIpc) is 2.43. The normalized spacial score (nSPS) is 12.5. The standard InChI is InChI=1S/C15H13BrClF2N/c1-8-3-5-10(14(19)13(8)18)15(20-2)11-7-9(16)4-6-12(11)17/h3-7,15,20H,1-2H3. The van der Waals surface area contributed by atoms with Crippen molar-refractivity contribution in [2.45, 2.75) is 13.0 Å². The molecule has 0 aromatic heterocycles. The van der Waals surface area contributed by atoms with Gasteiger partial charge in [0, 0.05) is 15.1 Å². The van der Waals surface area contributed by atoms with Gasteiger partial charge < -0.3 is 5.32 Å². The van der Waals surface area contributed by atoms with E-state index in [2.05, 4.69) is 21.2 Å². The van der Waals surface area contributed by atoms with Crippen molar-refractivity contribution in [1.29, 1.82) is 0 Å². The van der Waals surface area contributed by atoms with Gasteiger partial charge in [0.2, 0.25) is 0 Å². The average molecular weight is 361 g/mol. The molecular formula is C15H13BrClF2N. The third kappa shape index (κ3) is 2.87. The smallest absolute Gasteiger partial charge is 0.164 e. The molecule has 1 atom stereocenters. The highest BCUT2D eigenvalue weighted by Crippen LogP contribution is 2.32. The minimum atomic E-state index is -0.847. The molecular weight excluding hydrogens is 348 g/mol. The van der Waals surface area contributed by atoms with Crippen LogP contribution < -0.4 is 5.32 Å². The number of hydrogen-bond donors (Lipinski definition) is 1. The van der Waals surface area contributed by atoms with E-state index in [1.165, 1.54) is 6.92 Å². The number of aryl methyl sites for hydroxylation is 1. The van der Waals surface area contributed by atoms with Gasteiger partial charge in [0.1, 0.15) is 0 Å². The fourth-order valence-corrected chi connectivity index (χ4v) is 2.70. The lowest BCUT2D eigenvalue weighted by Crippen LogP contribution is -2.20. The summed E-state index contributed by atoms with van der Waals surface area (Å²) in [4.78, 5) is 0. The molecule has 106 valence electrons. The zero-order valence-corrected chi connectivity index (χ0v) is 13.3. The van der Waals surface area contributed by atoms with Crippen LogP contribution in [0.2, 0.25) is 5.02 Å². The highest BCUT2D eigenvalue weighted by Gasteiger charge is 2.22. The first kappa shape index (κ1) is 15.4. The summed E-state index contributed by atoms with van der Waals surface area (Å²) in [6.45, 7) is 1.53. The summed E-state index contributed by atoms with van der Waals surface area (Å²) in [6.07, 6.45) is 0. The Morgan fingerprint density at radius 3 is 2.45 bits per heavy atom. The van der Waals surface area contributed by atoms with Crippen molar-refractivity contribution in [2.75, 3.05) is 7.05 Å². The number of halogens is 4. The van der Waals surface area contributed by atoms with Gasteiger partial charge in [0.05, 0.1) is 6.04 Å². The second-order valence-electron chi connectivity index (χ2n) is 4.49. The fraction of sp³-hybridized carbons (Fsp3) is 0.200. The van der Waals surface area contributed by atoms with Gasteiger partial charge >= 0.3 is 0 Å². The molecule has 0 fully saturated rings. The zero-order chi connectivity index (χ0) is 14.9. The van der Waals surface area contributed by atoms with Crippen molar-refractivity contribution >= 4 is 27.5 Å². The number of benzene rings is 2. The van der Waals surface area contributed by atoms with Crippen LogP contribution in [0.5, 0.6) is 0 Å². The molecule has 0 aliphatic heterocycles. The molecule has 0 spiro atoms. The summed E-state index contributed by atoms with van der Waals surface area (Å²) < 4.78 is 28.7. The molecule has 0 amide bonds. The highest BCUT2D eigenvalue weighted by molar-refractivity contribution is 9.10. The molecule has 0 aliphatic rings. The molecule has 1 N–H and O–H groups in total. The third-order valence-electron chi connectivity index (χ3n) is 3.17. The molecule has 0 bridgehead atoms. The summed E-state index contributed by atoms with van der Waals surface area (Å²) >= 11 is 9.52. The summed E-state index contributed by atoms with van der Waals surface area (Å²) in [5.41, 5.74) is 1.20. The number of rotatable bonds is 3. The first-order valence-electron chi connectivity index (χ1n) is 6.02. The molecule has 0 saturated heterocycles. The minimum absolute atomic E-state index is 0.232. The molecule has 0 saturated carbocycles. The van der Waals surface area contributed by atoms with Crippen LogP contribution in [0.3, 0.4) is 0 Å². The van der Waals surface area contributed by atoms with Crippen LogP contribution in [0.25, 0.3) is 0 Å². The maximum Gasteiger partial charge on any atom is 0.164 e. The topological polar surface area (TPSA) is 12.0 Å². The summed E-state index contributed by atoms with van der Waals surface area (Å²) in [7, 11) is 1.68. The molecule has 2 aromatic carbocycles. The summed E-state index contributed by atoms with van der Waals surface area (Å²) in [5, 5.41) is 3.47. The molecule has 5 heteroatoms. The molecule has 1 nitrogen and oxygen atoms in total. The molecule has 1 unspecified atom stereocenters. The molecule has 0 radical (unpaired) electrons. The maximum atomic E-state index is 14.1. The van der Waals surface area contributed by atoms with Crippen molar-refractivity contribution in [3.05, 3.63) is 68.2 Å². The third-order valence-corrected chi connectivity index (χ3v) is 4.01. The van der Waals surface area contributed by atoms with Gasteiger partial charge in [-0.3, -0.25) is 0 Å². The number of nitrogens with one attached hydrogen (secondary N) is 1. The van der Waals surface area contributed by atoms with Gasteiger partial charge in [-0.1, -0.05) is 39.7 Å². The van der Waals surface area contributed by atoms with Crippen LogP contribution in [-0.4, -0.2) is 7.05 Å². The van der Waals surface area contributed by atoms with Crippen molar-refractivity contribution in [3.63, 3.8) is 0 Å². The Hall–Kier alpha value is -0.970. The van der Waals surface area contributed by atoms with E-state index in [4.69, 9.17) is 11.6 Å². The maximum absolute atomic E-state index is 14.1. The molecule has 0 aliphatic carbocycles. The van der Waals surface area contributed by atoms with Gasteiger partial charge in [0.25, 0.3) is 0 Å². The minimum Gasteiger partial charge on any atom is -0.309 e. The summed E-state index contributed by atoms with van der Waals surface area (Å²) in [6, 6.07) is 7.92. The van der Waals surface area contributed by atoms with E-state index in [-0.39, 0.29) is 11.1 Å². The molecule has 2 rings (SSSR count). The monoisotopic (exact) mass is 359 g/mol. The predicted octanol–water partition coefficient (Wildman–Crippen LogP) is 5.00. The second-order valence-corrected chi connectivity index (χ2v) is 5.81. The van der Waals surface area contributed by atoms with Crippen molar-refractivity contribution in [2.24, 2.45) is 0 Å². The van der Waals surface area contributed by atoms with E-state index in [1.54, 1.807) is 37.4 Å². The molecule has 20 heavy (non-hydrogen) atoms. The Kier molecular flexibility index (Phi) is 4.78. The first-order chi connectivity index (χ1) is 9.45. The first-order valence-corrected chi connectivity index (χ1v) is 7.19. The van der Waals surface area contributed by atoms with Crippen LogP contribution >= 0.6 is 27.5 Å². The molecule has 2 aromatic rings. The summed E-state index contributed by atoms with van der Waals surface area (Å²) in [5.74, 6) is -1.67. The van der Waals surface area contributed by atoms with E-state index in [0.717, 1.165) is 4.47 Å². The van der Waals surface area contributed by atoms with Crippen molar-refractivity contribution < 1.29 is 8.78 Å². The van der Waals surface area contributed by atoms with E-state index >= 15 is 0 Å². The van der Waals surface area contributed by atoms with Gasteiger partial charge in [0.15, 0.2) is 11.6 Å².